The van der Waals surface area contributed by atoms with Crippen LogP contribution < -0.4 is 5.32 Å². The average molecular weight is 268 g/mol. The molecule has 0 saturated heterocycles. The number of aromatic nitrogens is 1. The van der Waals surface area contributed by atoms with E-state index < -0.39 is 0 Å². The Balaban J connectivity index is 1.92. The lowest BCUT2D eigenvalue weighted by Gasteiger charge is -2.07. The lowest BCUT2D eigenvalue weighted by atomic mass is 10.0. The minimum Gasteiger partial charge on any atom is -0.346 e. The summed E-state index contributed by atoms with van der Waals surface area (Å²) in [6.07, 6.45) is 2.76. The zero-order valence-corrected chi connectivity index (χ0v) is 12.0. The van der Waals surface area contributed by atoms with Crippen molar-refractivity contribution in [2.24, 2.45) is 5.92 Å². The van der Waals surface area contributed by atoms with Gasteiger partial charge in [0.1, 0.15) is 0 Å². The highest BCUT2D eigenvalue weighted by molar-refractivity contribution is 5.94. The predicted octanol–water partition coefficient (Wildman–Crippen LogP) is 3.21. The number of carbonyl (C=O) groups is 1. The number of rotatable bonds is 5. The Bertz CT molecular complexity index is 547. The summed E-state index contributed by atoms with van der Waals surface area (Å²) in [7, 11) is 0. The van der Waals surface area contributed by atoms with Gasteiger partial charge < -0.3 is 5.32 Å². The van der Waals surface area contributed by atoms with Crippen molar-refractivity contribution in [3.05, 3.63) is 65.5 Å². The molecule has 2 aromatic rings. The summed E-state index contributed by atoms with van der Waals surface area (Å²) >= 11 is 0. The number of pyridine rings is 1. The fourth-order valence-corrected chi connectivity index (χ4v) is 2.04. The van der Waals surface area contributed by atoms with Gasteiger partial charge in [0.2, 0.25) is 0 Å². The molecule has 0 saturated carbocycles. The number of hydrogen-bond acceptors (Lipinski definition) is 2. The van der Waals surface area contributed by atoms with Crippen LogP contribution in [0.1, 0.15) is 35.5 Å². The molecule has 3 nitrogen and oxygen atoms in total. The third kappa shape index (κ3) is 4.19. The summed E-state index contributed by atoms with van der Waals surface area (Å²) in [5, 5.41) is 2.87. The quantitative estimate of drug-likeness (QED) is 0.904. The van der Waals surface area contributed by atoms with E-state index in [9.17, 15) is 4.79 Å². The first-order valence-corrected chi connectivity index (χ1v) is 6.92. The molecule has 0 fully saturated rings. The summed E-state index contributed by atoms with van der Waals surface area (Å²) in [5.41, 5.74) is 2.81. The number of benzene rings is 1. The Hall–Kier alpha value is -2.16. The number of nitrogens with zero attached hydrogens (tertiary/aromatic N) is 1. The molecule has 0 radical (unpaired) electrons. The van der Waals surface area contributed by atoms with Gasteiger partial charge in [0.05, 0.1) is 12.2 Å². The summed E-state index contributed by atoms with van der Waals surface area (Å²) < 4.78 is 0. The van der Waals surface area contributed by atoms with E-state index in [1.165, 1.54) is 5.56 Å². The van der Waals surface area contributed by atoms with Gasteiger partial charge in [-0.3, -0.25) is 9.78 Å². The third-order valence-corrected chi connectivity index (χ3v) is 3.02. The molecule has 0 atom stereocenters. The summed E-state index contributed by atoms with van der Waals surface area (Å²) in [6.45, 7) is 4.83. The maximum atomic E-state index is 12.0. The maximum Gasteiger partial charge on any atom is 0.251 e. The van der Waals surface area contributed by atoms with E-state index in [1.807, 2.05) is 42.5 Å². The predicted molar refractivity (Wildman–Crippen MR) is 80.4 cm³/mol. The van der Waals surface area contributed by atoms with Crippen LogP contribution in [0.5, 0.6) is 0 Å². The molecule has 3 heteroatoms. The minimum absolute atomic E-state index is 0.0632. The molecule has 2 rings (SSSR count). The minimum atomic E-state index is -0.0632. The molecule has 0 spiro atoms. The molecule has 1 aromatic carbocycles. The molecule has 1 N–H and O–H groups in total. The third-order valence-electron chi connectivity index (χ3n) is 3.02. The fourth-order valence-electron chi connectivity index (χ4n) is 2.04. The highest BCUT2D eigenvalue weighted by atomic mass is 16.1. The molecule has 1 heterocycles. The van der Waals surface area contributed by atoms with Crippen LogP contribution in [0.4, 0.5) is 0 Å². The van der Waals surface area contributed by atoms with Gasteiger partial charge in [-0.15, -0.1) is 0 Å². The first-order chi connectivity index (χ1) is 9.65. The van der Waals surface area contributed by atoms with Crippen molar-refractivity contribution in [3.63, 3.8) is 0 Å². The van der Waals surface area contributed by atoms with Crippen molar-refractivity contribution in [1.29, 1.82) is 0 Å². The molecule has 0 aliphatic rings. The monoisotopic (exact) mass is 268 g/mol. The van der Waals surface area contributed by atoms with Crippen molar-refractivity contribution in [3.8, 4) is 0 Å². The van der Waals surface area contributed by atoms with Gasteiger partial charge in [-0.25, -0.2) is 0 Å². The maximum absolute atomic E-state index is 12.0. The lowest BCUT2D eigenvalue weighted by molar-refractivity contribution is 0.0950. The Morgan fingerprint density at radius 2 is 1.90 bits per heavy atom. The van der Waals surface area contributed by atoms with E-state index in [4.69, 9.17) is 0 Å². The highest BCUT2D eigenvalue weighted by Gasteiger charge is 2.06. The molecule has 0 bridgehead atoms. The molecule has 0 aliphatic carbocycles. The number of nitrogens with one attached hydrogen (secondary N) is 1. The second-order valence-electron chi connectivity index (χ2n) is 5.30. The van der Waals surface area contributed by atoms with Gasteiger partial charge in [0.15, 0.2) is 0 Å². The van der Waals surface area contributed by atoms with Crippen LogP contribution in [0.15, 0.2) is 48.7 Å². The van der Waals surface area contributed by atoms with E-state index in [1.54, 1.807) is 6.20 Å². The number of hydrogen-bond donors (Lipinski definition) is 1. The first-order valence-electron chi connectivity index (χ1n) is 6.92. The Labute approximate surface area is 120 Å². The molecule has 1 aromatic heterocycles. The van der Waals surface area contributed by atoms with Crippen LogP contribution >= 0.6 is 0 Å². The zero-order valence-electron chi connectivity index (χ0n) is 12.0. The fraction of sp³-hybridized carbons (Fsp3) is 0.294. The molecule has 0 unspecified atom stereocenters. The molecule has 20 heavy (non-hydrogen) atoms. The smallest absolute Gasteiger partial charge is 0.251 e. The highest BCUT2D eigenvalue weighted by Crippen LogP contribution is 2.10. The van der Waals surface area contributed by atoms with Gasteiger partial charge in [0, 0.05) is 11.8 Å². The second kappa shape index (κ2) is 6.85. The van der Waals surface area contributed by atoms with Crippen molar-refractivity contribution >= 4 is 5.91 Å². The van der Waals surface area contributed by atoms with E-state index >= 15 is 0 Å². The van der Waals surface area contributed by atoms with Crippen LogP contribution in [-0.4, -0.2) is 10.9 Å². The summed E-state index contributed by atoms with van der Waals surface area (Å²) in [6, 6.07) is 13.5. The van der Waals surface area contributed by atoms with Crippen LogP contribution in [0.25, 0.3) is 0 Å². The first kappa shape index (κ1) is 14.3. The van der Waals surface area contributed by atoms with Gasteiger partial charge in [-0.2, -0.15) is 0 Å². The molecular weight excluding hydrogens is 248 g/mol. The summed E-state index contributed by atoms with van der Waals surface area (Å²) in [5.74, 6) is 0.561. The van der Waals surface area contributed by atoms with Gasteiger partial charge >= 0.3 is 0 Å². The van der Waals surface area contributed by atoms with Crippen LogP contribution in [0, 0.1) is 5.92 Å². The van der Waals surface area contributed by atoms with Crippen LogP contribution in [0.3, 0.4) is 0 Å². The number of carbonyl (C=O) groups excluding carboxylic acids is 1. The van der Waals surface area contributed by atoms with E-state index in [2.05, 4.69) is 24.1 Å². The SMILES string of the molecule is CC(C)Cc1ccc(C(=O)NCc2ccccn2)cc1. The van der Waals surface area contributed by atoms with Crippen LogP contribution in [-0.2, 0) is 13.0 Å². The second-order valence-corrected chi connectivity index (χ2v) is 5.30. The van der Waals surface area contributed by atoms with E-state index in [0.29, 0.717) is 18.0 Å². The Morgan fingerprint density at radius 3 is 2.50 bits per heavy atom. The largest absolute Gasteiger partial charge is 0.346 e. The normalized spacial score (nSPS) is 10.6. The topological polar surface area (TPSA) is 42.0 Å². The van der Waals surface area contributed by atoms with Gasteiger partial charge in [0.25, 0.3) is 5.91 Å². The number of amides is 1. The molecular formula is C17H20N2O. The van der Waals surface area contributed by atoms with Crippen molar-refractivity contribution in [2.45, 2.75) is 26.8 Å². The Kier molecular flexibility index (Phi) is 4.88. The van der Waals surface area contributed by atoms with E-state index in [0.717, 1.165) is 12.1 Å². The van der Waals surface area contributed by atoms with Crippen molar-refractivity contribution in [1.82, 2.24) is 10.3 Å². The molecule has 104 valence electrons. The Morgan fingerprint density at radius 1 is 1.15 bits per heavy atom. The zero-order chi connectivity index (χ0) is 14.4. The molecule has 0 aliphatic heterocycles. The standard InChI is InChI=1S/C17H20N2O/c1-13(2)11-14-6-8-15(9-7-14)17(20)19-12-16-5-3-4-10-18-16/h3-10,13H,11-12H2,1-2H3,(H,19,20). The average Bonchev–Trinajstić information content (AvgIpc) is 2.46. The molecule has 1 amide bonds. The van der Waals surface area contributed by atoms with Crippen LogP contribution in [0.2, 0.25) is 0 Å². The van der Waals surface area contributed by atoms with E-state index in [-0.39, 0.29) is 5.91 Å². The summed E-state index contributed by atoms with van der Waals surface area (Å²) in [4.78, 5) is 16.2. The van der Waals surface area contributed by atoms with Crippen molar-refractivity contribution in [2.75, 3.05) is 0 Å². The van der Waals surface area contributed by atoms with Gasteiger partial charge in [-0.1, -0.05) is 32.0 Å². The van der Waals surface area contributed by atoms with Crippen molar-refractivity contribution < 1.29 is 4.79 Å². The van der Waals surface area contributed by atoms with Gasteiger partial charge in [-0.05, 0) is 42.2 Å². The lowest BCUT2D eigenvalue weighted by Crippen LogP contribution is -2.23.